The second kappa shape index (κ2) is 4.74. The van der Waals surface area contributed by atoms with Crippen molar-refractivity contribution in [2.45, 2.75) is 0 Å². The summed E-state index contributed by atoms with van der Waals surface area (Å²) in [4.78, 5) is 20.6. The molecule has 1 rings (SSSR count). The van der Waals surface area contributed by atoms with Crippen LogP contribution in [0.25, 0.3) is 0 Å². The average Bonchev–Trinajstić information content (AvgIpc) is 2.14. The van der Waals surface area contributed by atoms with Crippen molar-refractivity contribution in [1.29, 1.82) is 0 Å². The standard InChI is InChI=1S/C8H8BrN3O3/c9-5-1-2-7(12(14)15)6(3-5)11-4-8(10)13/h1-3,11H,4H2,(H2,10,13). The first kappa shape index (κ1) is 11.4. The first-order chi connectivity index (χ1) is 7.00. The van der Waals surface area contributed by atoms with Gasteiger partial charge in [-0.2, -0.15) is 0 Å². The number of amides is 1. The summed E-state index contributed by atoms with van der Waals surface area (Å²) in [6.07, 6.45) is 0. The third-order valence-electron chi connectivity index (χ3n) is 1.61. The number of hydrogen-bond acceptors (Lipinski definition) is 4. The number of nitro benzene ring substituents is 1. The van der Waals surface area contributed by atoms with Crippen LogP contribution >= 0.6 is 15.9 Å². The van der Waals surface area contributed by atoms with Gasteiger partial charge in [-0.3, -0.25) is 14.9 Å². The van der Waals surface area contributed by atoms with Gasteiger partial charge in [0.15, 0.2) is 0 Å². The summed E-state index contributed by atoms with van der Waals surface area (Å²) in [5.41, 5.74) is 5.08. The number of anilines is 1. The molecule has 0 saturated carbocycles. The fourth-order valence-corrected chi connectivity index (χ4v) is 1.35. The topological polar surface area (TPSA) is 98.3 Å². The van der Waals surface area contributed by atoms with Crippen molar-refractivity contribution in [1.82, 2.24) is 0 Å². The van der Waals surface area contributed by atoms with Crippen molar-refractivity contribution in [3.8, 4) is 0 Å². The predicted molar refractivity (Wildman–Crippen MR) is 58.5 cm³/mol. The zero-order valence-electron chi connectivity index (χ0n) is 7.57. The molecular formula is C8H8BrN3O3. The number of halogens is 1. The molecule has 0 spiro atoms. The highest BCUT2D eigenvalue weighted by atomic mass is 79.9. The molecule has 0 radical (unpaired) electrons. The lowest BCUT2D eigenvalue weighted by atomic mass is 10.2. The van der Waals surface area contributed by atoms with Crippen LogP contribution in [0.15, 0.2) is 22.7 Å². The highest BCUT2D eigenvalue weighted by Gasteiger charge is 2.13. The van der Waals surface area contributed by atoms with Crippen LogP contribution in [0, 0.1) is 10.1 Å². The molecule has 0 bridgehead atoms. The van der Waals surface area contributed by atoms with E-state index in [-0.39, 0.29) is 17.9 Å². The van der Waals surface area contributed by atoms with Gasteiger partial charge in [0.05, 0.1) is 11.5 Å². The number of rotatable bonds is 4. The highest BCUT2D eigenvalue weighted by molar-refractivity contribution is 9.10. The summed E-state index contributed by atoms with van der Waals surface area (Å²) in [6.45, 7) is -0.142. The number of carbonyl (C=O) groups is 1. The Bertz CT molecular complexity index is 408. The van der Waals surface area contributed by atoms with E-state index in [2.05, 4.69) is 21.2 Å². The van der Waals surface area contributed by atoms with E-state index >= 15 is 0 Å². The number of nitrogens with zero attached hydrogens (tertiary/aromatic N) is 1. The van der Waals surface area contributed by atoms with Crippen LogP contribution in [0.1, 0.15) is 0 Å². The summed E-state index contributed by atoms with van der Waals surface area (Å²) in [7, 11) is 0. The van der Waals surface area contributed by atoms with Gasteiger partial charge in [0, 0.05) is 10.5 Å². The smallest absolute Gasteiger partial charge is 0.292 e. The molecule has 0 saturated heterocycles. The maximum atomic E-state index is 10.6. The van der Waals surface area contributed by atoms with Crippen LogP contribution in [-0.2, 0) is 4.79 Å². The van der Waals surface area contributed by atoms with Crippen LogP contribution in [0.2, 0.25) is 0 Å². The molecule has 7 heteroatoms. The third-order valence-corrected chi connectivity index (χ3v) is 2.10. The molecule has 1 aromatic rings. The lowest BCUT2D eigenvalue weighted by Gasteiger charge is -2.04. The quantitative estimate of drug-likeness (QED) is 0.637. The van der Waals surface area contributed by atoms with Gasteiger partial charge in [0.1, 0.15) is 5.69 Å². The fraction of sp³-hybridized carbons (Fsp3) is 0.125. The van der Waals surface area contributed by atoms with E-state index in [4.69, 9.17) is 5.73 Å². The van der Waals surface area contributed by atoms with Gasteiger partial charge in [-0.25, -0.2) is 0 Å². The monoisotopic (exact) mass is 273 g/mol. The molecule has 6 nitrogen and oxygen atoms in total. The van der Waals surface area contributed by atoms with Gasteiger partial charge in [0.25, 0.3) is 5.69 Å². The van der Waals surface area contributed by atoms with Crippen molar-refractivity contribution < 1.29 is 9.72 Å². The summed E-state index contributed by atoms with van der Waals surface area (Å²) in [5.74, 6) is -0.579. The normalized spacial score (nSPS) is 9.67. The molecular weight excluding hydrogens is 266 g/mol. The molecule has 0 aromatic heterocycles. The fourth-order valence-electron chi connectivity index (χ4n) is 0.991. The second-order valence-corrected chi connectivity index (χ2v) is 3.65. The van der Waals surface area contributed by atoms with Gasteiger partial charge >= 0.3 is 0 Å². The molecule has 1 amide bonds. The Balaban J connectivity index is 2.96. The highest BCUT2D eigenvalue weighted by Crippen LogP contribution is 2.27. The molecule has 0 heterocycles. The third kappa shape index (κ3) is 3.21. The van der Waals surface area contributed by atoms with Crippen LogP contribution < -0.4 is 11.1 Å². The van der Waals surface area contributed by atoms with E-state index in [0.29, 0.717) is 4.47 Å². The number of benzene rings is 1. The molecule has 0 aliphatic heterocycles. The molecule has 3 N–H and O–H groups in total. The molecule has 15 heavy (non-hydrogen) atoms. The van der Waals surface area contributed by atoms with Crippen molar-refractivity contribution >= 4 is 33.2 Å². The largest absolute Gasteiger partial charge is 0.371 e. The van der Waals surface area contributed by atoms with E-state index < -0.39 is 10.8 Å². The van der Waals surface area contributed by atoms with Gasteiger partial charge in [-0.05, 0) is 12.1 Å². The summed E-state index contributed by atoms with van der Waals surface area (Å²) in [6, 6.07) is 4.40. The summed E-state index contributed by atoms with van der Waals surface area (Å²) < 4.78 is 0.681. The number of nitro groups is 1. The number of nitrogens with two attached hydrogens (primary N) is 1. The molecule has 0 aliphatic rings. The average molecular weight is 274 g/mol. The maximum Gasteiger partial charge on any atom is 0.292 e. The van der Waals surface area contributed by atoms with E-state index in [0.717, 1.165) is 0 Å². The number of hydrogen-bond donors (Lipinski definition) is 2. The zero-order chi connectivity index (χ0) is 11.4. The van der Waals surface area contributed by atoms with E-state index in [1.54, 1.807) is 6.07 Å². The van der Waals surface area contributed by atoms with Gasteiger partial charge in [-0.1, -0.05) is 15.9 Å². The Kier molecular flexibility index (Phi) is 3.62. The Morgan fingerprint density at radius 3 is 2.80 bits per heavy atom. The minimum atomic E-state index is -0.579. The Morgan fingerprint density at radius 2 is 2.27 bits per heavy atom. The van der Waals surface area contributed by atoms with Gasteiger partial charge in [0.2, 0.25) is 5.91 Å². The zero-order valence-corrected chi connectivity index (χ0v) is 9.15. The SMILES string of the molecule is NC(=O)CNc1cc(Br)ccc1[N+](=O)[O-]. The van der Waals surface area contributed by atoms with Crippen LogP contribution in [0.5, 0.6) is 0 Å². The lowest BCUT2D eigenvalue weighted by molar-refractivity contribution is -0.384. The van der Waals surface area contributed by atoms with Gasteiger partial charge < -0.3 is 11.1 Å². The number of primary amides is 1. The lowest BCUT2D eigenvalue weighted by Crippen LogP contribution is -2.22. The predicted octanol–water partition coefficient (Wildman–Crippen LogP) is 1.25. The number of nitrogens with one attached hydrogen (secondary N) is 1. The van der Waals surface area contributed by atoms with E-state index in [9.17, 15) is 14.9 Å². The van der Waals surface area contributed by atoms with E-state index in [1.165, 1.54) is 12.1 Å². The van der Waals surface area contributed by atoms with Crippen LogP contribution in [0.4, 0.5) is 11.4 Å². The first-order valence-corrected chi connectivity index (χ1v) is 4.76. The summed E-state index contributed by atoms with van der Waals surface area (Å²) in [5, 5.41) is 13.2. The molecule has 0 aliphatic carbocycles. The molecule has 80 valence electrons. The van der Waals surface area contributed by atoms with E-state index in [1.807, 2.05) is 0 Å². The van der Waals surface area contributed by atoms with Crippen molar-refractivity contribution in [3.63, 3.8) is 0 Å². The molecule has 1 aromatic carbocycles. The minimum absolute atomic E-state index is 0.0977. The molecule has 0 fully saturated rings. The second-order valence-electron chi connectivity index (χ2n) is 2.74. The summed E-state index contributed by atoms with van der Waals surface area (Å²) >= 11 is 3.17. The van der Waals surface area contributed by atoms with Crippen molar-refractivity contribution in [2.75, 3.05) is 11.9 Å². The first-order valence-electron chi connectivity index (χ1n) is 3.97. The van der Waals surface area contributed by atoms with Gasteiger partial charge in [-0.15, -0.1) is 0 Å². The Hall–Kier alpha value is -1.63. The number of carbonyl (C=O) groups excluding carboxylic acids is 1. The maximum absolute atomic E-state index is 10.6. The minimum Gasteiger partial charge on any atom is -0.371 e. The Labute approximate surface area is 93.7 Å². The van der Waals surface area contributed by atoms with Crippen molar-refractivity contribution in [2.24, 2.45) is 5.73 Å². The Morgan fingerprint density at radius 1 is 1.60 bits per heavy atom. The van der Waals surface area contributed by atoms with Crippen LogP contribution in [-0.4, -0.2) is 17.4 Å². The molecule has 0 unspecified atom stereocenters. The van der Waals surface area contributed by atoms with Crippen molar-refractivity contribution in [3.05, 3.63) is 32.8 Å². The molecule has 0 atom stereocenters. The van der Waals surface area contributed by atoms with Crippen LogP contribution in [0.3, 0.4) is 0 Å².